The van der Waals surface area contributed by atoms with Gasteiger partial charge >= 0.3 is 44.8 Å². The second-order valence-electron chi connectivity index (χ2n) is 18.1. The molecule has 4 heteroatoms. The molecule has 0 radical (unpaired) electrons. The summed E-state index contributed by atoms with van der Waals surface area (Å²) < 4.78 is 0. The quantitative estimate of drug-likeness (QED) is 0.0674. The third-order valence-electron chi connectivity index (χ3n) is 13.4. The molecule has 0 saturated heterocycles. The Hall–Kier alpha value is -5.30. The summed E-state index contributed by atoms with van der Waals surface area (Å²) in [5, 5.41) is 8.92. The van der Waals surface area contributed by atoms with Crippen LogP contribution in [0.4, 0.5) is 0 Å². The zero-order valence-electron chi connectivity index (χ0n) is 38.8. The maximum absolute atomic E-state index is 7.45. The smallest absolute Gasteiger partial charge is 0.366 e. The molecule has 0 heterocycles. The van der Waals surface area contributed by atoms with Gasteiger partial charge in [-0.25, -0.2) is 0 Å². The molecule has 68 heavy (non-hydrogen) atoms. The van der Waals surface area contributed by atoms with Gasteiger partial charge in [-0.2, -0.15) is 0 Å². The van der Waals surface area contributed by atoms with Gasteiger partial charge in [0.05, 0.1) is 5.31 Å². The Bertz CT molecular complexity index is 3010. The van der Waals surface area contributed by atoms with Crippen molar-refractivity contribution in [2.75, 3.05) is 0 Å². The summed E-state index contributed by atoms with van der Waals surface area (Å²) in [5.41, 5.74) is 12.0. The van der Waals surface area contributed by atoms with Gasteiger partial charge in [-0.15, -0.1) is 23.3 Å². The molecule has 0 bridgehead atoms. The molecule has 3 aliphatic rings. The van der Waals surface area contributed by atoms with Crippen LogP contribution in [-0.4, -0.2) is 0 Å². The minimum absolute atomic E-state index is 0. The fourth-order valence-corrected chi connectivity index (χ4v) is 16.5. The molecule has 11 rings (SSSR count). The van der Waals surface area contributed by atoms with Crippen LogP contribution in [0.3, 0.4) is 0 Å². The monoisotopic (exact) mass is 1280 g/mol. The summed E-state index contributed by atoms with van der Waals surface area (Å²) in [6.45, 7) is 8.88. The number of rotatable bonds is 6. The number of hydrogen-bond acceptors (Lipinski definition) is 0. The summed E-state index contributed by atoms with van der Waals surface area (Å²) >= 11 is 0. The molecule has 0 aliphatic heterocycles. The van der Waals surface area contributed by atoms with Gasteiger partial charge in [0.25, 0.3) is 0 Å². The van der Waals surface area contributed by atoms with Crippen LogP contribution in [0, 0.1) is 24.7 Å². The molecule has 0 spiro atoms. The zero-order valence-corrected chi connectivity index (χ0v) is 45.1. The standard InChI is InChI=1S/C30H26P2.2C17H13.2Au/c1-5-15-25(16-6-1)31(26-17-7-2-8-18-26)29-23-13-14-24-30(29)32(27-19-9-3-10-20-27)28-21-11-4-12-22-28;2*1-4-12-8-7-10-14-13-9-5-6-11-15(13)17(2,3)16(12)14;;/h1-3,5-11,13-24H,4,12H2;2*5-11H,2-3H3;;/q;2*-1;2*+1/p+2. The van der Waals surface area contributed by atoms with Crippen LogP contribution in [0.25, 0.3) is 22.3 Å². The third-order valence-corrected chi connectivity index (χ3v) is 19.2. The minimum atomic E-state index is -1.12. The molecule has 3 aliphatic carbocycles. The van der Waals surface area contributed by atoms with Gasteiger partial charge in [0.2, 0.25) is 0 Å². The van der Waals surface area contributed by atoms with Gasteiger partial charge in [0.1, 0.15) is 42.4 Å². The van der Waals surface area contributed by atoms with Crippen molar-refractivity contribution in [3.05, 3.63) is 270 Å². The summed E-state index contributed by atoms with van der Waals surface area (Å²) in [4.78, 5) is 0. The first kappa shape index (κ1) is 50.6. The Balaban J connectivity index is 0.000000161. The molecular formula is C64H54Au2P2+2. The first-order valence-electron chi connectivity index (χ1n) is 22.9. The van der Waals surface area contributed by atoms with E-state index in [-0.39, 0.29) is 55.6 Å². The molecule has 0 saturated carbocycles. The second-order valence-corrected chi connectivity index (χ2v) is 23.0. The Morgan fingerprint density at radius 3 is 1.18 bits per heavy atom. The Morgan fingerprint density at radius 2 is 0.765 bits per heavy atom. The van der Waals surface area contributed by atoms with E-state index in [1.54, 1.807) is 0 Å². The van der Waals surface area contributed by atoms with Crippen LogP contribution in [0.2, 0.25) is 0 Å². The van der Waals surface area contributed by atoms with E-state index in [0.717, 1.165) is 24.0 Å². The molecule has 0 nitrogen and oxygen atoms in total. The zero-order chi connectivity index (χ0) is 45.7. The normalized spacial score (nSPS) is 14.1. The fraction of sp³-hybridized carbons (Fsp3) is 0.125. The van der Waals surface area contributed by atoms with Crippen LogP contribution < -0.4 is 26.5 Å². The minimum Gasteiger partial charge on any atom is -0.366 e. The maximum atomic E-state index is 7.45. The molecule has 340 valence electrons. The molecule has 8 aromatic carbocycles. The average molecular weight is 1280 g/mol. The van der Waals surface area contributed by atoms with Crippen molar-refractivity contribution in [3.8, 4) is 34.1 Å². The van der Waals surface area contributed by atoms with Gasteiger partial charge in [0.15, 0.2) is 0 Å². The fourth-order valence-electron chi connectivity index (χ4n) is 10.4. The number of benzene rings is 8. The summed E-state index contributed by atoms with van der Waals surface area (Å²) in [6.07, 6.45) is 24.4. The van der Waals surface area contributed by atoms with Crippen LogP contribution in [0.15, 0.2) is 224 Å². The first-order valence-corrected chi connectivity index (χ1v) is 25.9. The van der Waals surface area contributed by atoms with E-state index in [9.17, 15) is 0 Å². The van der Waals surface area contributed by atoms with E-state index in [2.05, 4.69) is 234 Å². The van der Waals surface area contributed by atoms with Crippen molar-refractivity contribution < 1.29 is 44.8 Å². The predicted molar refractivity (Wildman–Crippen MR) is 288 cm³/mol. The van der Waals surface area contributed by atoms with Crippen molar-refractivity contribution in [3.63, 3.8) is 0 Å². The topological polar surface area (TPSA) is 0 Å². The molecule has 0 N–H and O–H groups in total. The van der Waals surface area contributed by atoms with Crippen molar-refractivity contribution in [2.24, 2.45) is 0 Å². The third kappa shape index (κ3) is 9.92. The van der Waals surface area contributed by atoms with Crippen LogP contribution in [0.5, 0.6) is 0 Å². The van der Waals surface area contributed by atoms with E-state index >= 15 is 0 Å². The van der Waals surface area contributed by atoms with Crippen LogP contribution in [-0.2, 0) is 55.6 Å². The van der Waals surface area contributed by atoms with Gasteiger partial charge in [-0.1, -0.05) is 184 Å². The summed E-state index contributed by atoms with van der Waals surface area (Å²) in [6, 6.07) is 71.9. The molecule has 0 amide bonds. The Kier molecular flexibility index (Phi) is 16.7. The molecule has 1 unspecified atom stereocenters. The van der Waals surface area contributed by atoms with E-state index in [1.807, 2.05) is 24.3 Å². The first-order chi connectivity index (χ1) is 32.2. The number of hydrogen-bond donors (Lipinski definition) is 0. The van der Waals surface area contributed by atoms with Crippen LogP contribution >= 0.6 is 15.8 Å². The van der Waals surface area contributed by atoms with Gasteiger partial charge in [-0.3, -0.25) is 11.8 Å². The molecule has 0 fully saturated rings. The summed E-state index contributed by atoms with van der Waals surface area (Å²) in [7, 11) is -2.21. The number of allylic oxidation sites excluding steroid dienone is 4. The van der Waals surface area contributed by atoms with Crippen molar-refractivity contribution in [2.45, 2.75) is 51.4 Å². The molecule has 8 aromatic rings. The van der Waals surface area contributed by atoms with E-state index in [1.165, 1.54) is 76.3 Å². The van der Waals surface area contributed by atoms with E-state index in [4.69, 9.17) is 12.8 Å². The SMILES string of the molecule is C1=CC([PH+](c2ccccc2)c2ccccc2[PH+](c2ccccc2)c2ccccc2)=CCC1.[Au+].[Au+].[C-]#Cc1cccc2c1C(C)(C)c1ccccc1-2.[C-]#Cc1cccc2c1C(C)(C)c1ccccc1-2. The molecule has 0 aromatic heterocycles. The average Bonchev–Trinajstić information content (AvgIpc) is 3.76. The largest absolute Gasteiger partial charge is 1.00 e. The van der Waals surface area contributed by atoms with Crippen LogP contribution in [0.1, 0.15) is 73.9 Å². The second kappa shape index (κ2) is 22.4. The molecule has 1 atom stereocenters. The van der Waals surface area contributed by atoms with E-state index in [0.29, 0.717) is 0 Å². The van der Waals surface area contributed by atoms with Gasteiger partial charge < -0.3 is 12.8 Å². The van der Waals surface area contributed by atoms with E-state index < -0.39 is 15.8 Å². The predicted octanol–water partition coefficient (Wildman–Crippen LogP) is 13.4. The molecular weight excluding hydrogens is 1220 g/mol. The van der Waals surface area contributed by atoms with Gasteiger partial charge in [0, 0.05) is 10.8 Å². The van der Waals surface area contributed by atoms with Crippen molar-refractivity contribution in [1.29, 1.82) is 0 Å². The number of fused-ring (bicyclic) bond motifs is 6. The van der Waals surface area contributed by atoms with Crippen molar-refractivity contribution in [1.82, 2.24) is 0 Å². The van der Waals surface area contributed by atoms with Gasteiger partial charge in [-0.05, 0) is 107 Å². The van der Waals surface area contributed by atoms with Crippen molar-refractivity contribution >= 4 is 42.4 Å². The maximum Gasteiger partial charge on any atom is 1.00 e. The summed E-state index contributed by atoms with van der Waals surface area (Å²) in [5.74, 6) is 5.14. The Labute approximate surface area is 439 Å². The Morgan fingerprint density at radius 1 is 0.397 bits per heavy atom.